The molecule has 2 rings (SSSR count). The van der Waals surface area contributed by atoms with E-state index < -0.39 is 6.10 Å². The SMILES string of the molecule is BC(C)NCC(O)COc1ccc(CCOCC2CC2)cc1. The number of aliphatic hydroxyl groups is 1. The first-order chi connectivity index (χ1) is 10.6. The maximum absolute atomic E-state index is 9.80. The van der Waals surface area contributed by atoms with E-state index in [1.165, 1.54) is 18.4 Å². The van der Waals surface area contributed by atoms with Gasteiger partial charge in [-0.25, -0.2) is 0 Å². The maximum atomic E-state index is 9.80. The fourth-order valence-electron chi connectivity index (χ4n) is 2.10. The quantitative estimate of drug-likeness (QED) is 0.472. The van der Waals surface area contributed by atoms with Crippen molar-refractivity contribution < 1.29 is 14.6 Å². The van der Waals surface area contributed by atoms with Gasteiger partial charge < -0.3 is 19.9 Å². The van der Waals surface area contributed by atoms with E-state index in [-0.39, 0.29) is 0 Å². The number of hydrogen-bond donors (Lipinski definition) is 2. The van der Waals surface area contributed by atoms with E-state index in [0.717, 1.165) is 31.3 Å². The van der Waals surface area contributed by atoms with Gasteiger partial charge in [-0.05, 0) is 48.8 Å². The number of hydrogen-bond acceptors (Lipinski definition) is 4. The van der Waals surface area contributed by atoms with Gasteiger partial charge in [-0.1, -0.05) is 19.1 Å². The standard InChI is InChI=1S/C17H28BNO3/c1-13(18)19-10-16(20)12-22-17-6-4-14(5-7-17)8-9-21-11-15-2-3-15/h4-7,13,15-16,19-20H,2-3,8-12,18H2,1H3. The van der Waals surface area contributed by atoms with Crippen molar-refractivity contribution in [3.63, 3.8) is 0 Å². The summed E-state index contributed by atoms with van der Waals surface area (Å²) in [5.41, 5.74) is 1.25. The summed E-state index contributed by atoms with van der Waals surface area (Å²) in [4.78, 5) is 0. The van der Waals surface area contributed by atoms with E-state index in [0.29, 0.717) is 19.1 Å². The zero-order valence-corrected chi connectivity index (χ0v) is 13.8. The zero-order valence-electron chi connectivity index (χ0n) is 13.8. The number of ether oxygens (including phenoxy) is 2. The highest BCUT2D eigenvalue weighted by molar-refractivity contribution is 6.11. The lowest BCUT2D eigenvalue weighted by Gasteiger charge is -2.15. The van der Waals surface area contributed by atoms with Crippen LogP contribution < -0.4 is 10.1 Å². The lowest BCUT2D eigenvalue weighted by molar-refractivity contribution is 0.106. The second-order valence-corrected chi connectivity index (χ2v) is 6.44. The Morgan fingerprint density at radius 3 is 2.68 bits per heavy atom. The predicted octanol–water partition coefficient (Wildman–Crippen LogP) is 0.964. The number of benzene rings is 1. The number of aliphatic hydroxyl groups excluding tert-OH is 1. The molecule has 122 valence electrons. The van der Waals surface area contributed by atoms with Gasteiger partial charge in [0.15, 0.2) is 0 Å². The molecule has 0 saturated heterocycles. The van der Waals surface area contributed by atoms with Gasteiger partial charge >= 0.3 is 0 Å². The third-order valence-electron chi connectivity index (χ3n) is 3.71. The third-order valence-corrected chi connectivity index (χ3v) is 3.71. The molecule has 0 radical (unpaired) electrons. The highest BCUT2D eigenvalue weighted by Crippen LogP contribution is 2.28. The van der Waals surface area contributed by atoms with Crippen molar-refractivity contribution in [3.05, 3.63) is 29.8 Å². The van der Waals surface area contributed by atoms with E-state index in [9.17, 15) is 5.11 Å². The molecule has 1 aliphatic carbocycles. The van der Waals surface area contributed by atoms with Gasteiger partial charge in [0.2, 0.25) is 0 Å². The molecular formula is C17H28BNO3. The van der Waals surface area contributed by atoms with Crippen molar-refractivity contribution in [2.45, 2.75) is 38.2 Å². The first kappa shape index (κ1) is 17.3. The third kappa shape index (κ3) is 7.30. The molecule has 2 N–H and O–H groups in total. The minimum atomic E-state index is -0.488. The lowest BCUT2D eigenvalue weighted by atomic mass is 9.99. The smallest absolute Gasteiger partial charge is 0.123 e. The molecule has 0 bridgehead atoms. The summed E-state index contributed by atoms with van der Waals surface area (Å²) >= 11 is 0. The summed E-state index contributed by atoms with van der Waals surface area (Å²) in [7, 11) is 2.06. The summed E-state index contributed by atoms with van der Waals surface area (Å²) in [6.45, 7) is 4.62. The highest BCUT2D eigenvalue weighted by atomic mass is 16.5. The van der Waals surface area contributed by atoms with Crippen LogP contribution in [0.1, 0.15) is 25.3 Å². The van der Waals surface area contributed by atoms with Gasteiger partial charge in [0.05, 0.1) is 6.61 Å². The Bertz CT molecular complexity index is 420. The monoisotopic (exact) mass is 305 g/mol. The van der Waals surface area contributed by atoms with Crippen molar-refractivity contribution in [3.8, 4) is 5.75 Å². The van der Waals surface area contributed by atoms with Gasteiger partial charge in [-0.15, -0.1) is 0 Å². The van der Waals surface area contributed by atoms with Gasteiger partial charge in [-0.2, -0.15) is 0 Å². The van der Waals surface area contributed by atoms with Gasteiger partial charge in [0.25, 0.3) is 0 Å². The molecule has 0 heterocycles. The molecule has 1 aliphatic rings. The molecule has 0 amide bonds. The number of nitrogens with one attached hydrogen (secondary N) is 1. The average Bonchev–Trinajstić information content (AvgIpc) is 3.33. The molecule has 4 nitrogen and oxygen atoms in total. The van der Waals surface area contributed by atoms with Crippen LogP contribution in [0.5, 0.6) is 5.75 Å². The van der Waals surface area contributed by atoms with Crippen molar-refractivity contribution in [2.75, 3.05) is 26.4 Å². The molecule has 1 aromatic carbocycles. The van der Waals surface area contributed by atoms with Crippen LogP contribution in [0.2, 0.25) is 0 Å². The molecule has 0 aromatic heterocycles. The van der Waals surface area contributed by atoms with E-state index in [4.69, 9.17) is 9.47 Å². The van der Waals surface area contributed by atoms with E-state index in [1.54, 1.807) is 0 Å². The molecule has 5 heteroatoms. The van der Waals surface area contributed by atoms with Gasteiger partial charge in [0, 0.05) is 13.2 Å². The van der Waals surface area contributed by atoms with Gasteiger partial charge in [-0.3, -0.25) is 0 Å². The van der Waals surface area contributed by atoms with Crippen LogP contribution in [0.4, 0.5) is 0 Å². The largest absolute Gasteiger partial charge is 0.491 e. The summed E-state index contributed by atoms with van der Waals surface area (Å²) < 4.78 is 11.2. The molecule has 0 aliphatic heterocycles. The molecule has 0 spiro atoms. The second-order valence-electron chi connectivity index (χ2n) is 6.44. The Hall–Kier alpha value is -1.04. The number of rotatable bonds is 11. The van der Waals surface area contributed by atoms with Crippen LogP contribution in [-0.2, 0) is 11.2 Å². The predicted molar refractivity (Wildman–Crippen MR) is 91.2 cm³/mol. The fourth-order valence-corrected chi connectivity index (χ4v) is 2.10. The van der Waals surface area contributed by atoms with E-state index in [1.807, 2.05) is 12.1 Å². The van der Waals surface area contributed by atoms with Crippen molar-refractivity contribution in [1.29, 1.82) is 0 Å². The average molecular weight is 305 g/mol. The van der Waals surface area contributed by atoms with Gasteiger partial charge in [0.1, 0.15) is 26.3 Å². The van der Waals surface area contributed by atoms with Crippen LogP contribution in [0, 0.1) is 5.92 Å². The Morgan fingerprint density at radius 1 is 1.32 bits per heavy atom. The Balaban J connectivity index is 1.60. The molecule has 22 heavy (non-hydrogen) atoms. The van der Waals surface area contributed by atoms with E-state index >= 15 is 0 Å². The van der Waals surface area contributed by atoms with Crippen LogP contribution in [0.3, 0.4) is 0 Å². The first-order valence-electron chi connectivity index (χ1n) is 8.34. The topological polar surface area (TPSA) is 50.7 Å². The van der Waals surface area contributed by atoms with Crippen LogP contribution in [-0.4, -0.2) is 51.4 Å². The normalized spacial score (nSPS) is 17.2. The summed E-state index contributed by atoms with van der Waals surface area (Å²) in [5.74, 6) is 2.00. The fraction of sp³-hybridized carbons (Fsp3) is 0.647. The summed E-state index contributed by atoms with van der Waals surface area (Å²) in [6.07, 6.45) is 3.13. The van der Waals surface area contributed by atoms with E-state index in [2.05, 4.69) is 32.2 Å². The molecule has 1 aromatic rings. The summed E-state index contributed by atoms with van der Waals surface area (Å²) in [5, 5.41) is 13.0. The highest BCUT2D eigenvalue weighted by Gasteiger charge is 2.20. The Morgan fingerprint density at radius 2 is 2.05 bits per heavy atom. The lowest BCUT2D eigenvalue weighted by Crippen LogP contribution is -2.36. The molecule has 2 atom stereocenters. The second kappa shape index (κ2) is 9.18. The maximum Gasteiger partial charge on any atom is 0.123 e. The van der Waals surface area contributed by atoms with Crippen LogP contribution in [0.25, 0.3) is 0 Å². The zero-order chi connectivity index (χ0) is 15.8. The van der Waals surface area contributed by atoms with Crippen molar-refractivity contribution >= 4 is 7.85 Å². The minimum Gasteiger partial charge on any atom is -0.491 e. The van der Waals surface area contributed by atoms with Crippen LogP contribution >= 0.6 is 0 Å². The van der Waals surface area contributed by atoms with Crippen LogP contribution in [0.15, 0.2) is 24.3 Å². The molecule has 2 unspecified atom stereocenters. The Labute approximate surface area is 134 Å². The molecular weight excluding hydrogens is 277 g/mol. The minimum absolute atomic E-state index is 0.309. The first-order valence-corrected chi connectivity index (χ1v) is 8.34. The molecule has 1 fully saturated rings. The Kier molecular flexibility index (Phi) is 7.23. The summed E-state index contributed by atoms with van der Waals surface area (Å²) in [6, 6.07) is 8.04. The van der Waals surface area contributed by atoms with Crippen molar-refractivity contribution in [2.24, 2.45) is 5.92 Å². The van der Waals surface area contributed by atoms with Crippen molar-refractivity contribution in [1.82, 2.24) is 5.32 Å². The molecule has 1 saturated carbocycles.